The molecule has 11 heteroatoms. The molecule has 2 aliphatic rings. The molecule has 4 rings (SSSR count). The molecule has 2 aromatic carbocycles. The van der Waals surface area contributed by atoms with Crippen molar-refractivity contribution >= 4 is 29.1 Å². The summed E-state index contributed by atoms with van der Waals surface area (Å²) >= 11 is 6.28. The van der Waals surface area contributed by atoms with Gasteiger partial charge in [-0.15, -0.1) is 0 Å². The molecule has 0 saturated carbocycles. The number of nitrogens with zero attached hydrogens (tertiary/aromatic N) is 3. The number of nitrogens with one attached hydrogen (secondary N) is 1. The third-order valence-electron chi connectivity index (χ3n) is 7.07. The van der Waals surface area contributed by atoms with E-state index in [9.17, 15) is 27.9 Å². The molecule has 1 atom stereocenters. The summed E-state index contributed by atoms with van der Waals surface area (Å²) in [5.74, 6) is -1.51. The van der Waals surface area contributed by atoms with E-state index in [0.29, 0.717) is 23.4 Å². The number of anilines is 1. The van der Waals surface area contributed by atoms with Gasteiger partial charge in [0.15, 0.2) is 0 Å². The topological polar surface area (TPSA) is 76.1 Å². The highest BCUT2D eigenvalue weighted by atomic mass is 35.5. The minimum Gasteiger partial charge on any atom is -0.380 e. The Morgan fingerprint density at radius 3 is 2.22 bits per heavy atom. The van der Waals surface area contributed by atoms with Gasteiger partial charge < -0.3 is 20.2 Å². The van der Waals surface area contributed by atoms with Crippen LogP contribution in [0, 0.1) is 0 Å². The first-order chi connectivity index (χ1) is 17.4. The van der Waals surface area contributed by atoms with Crippen LogP contribution in [0.25, 0.3) is 0 Å². The van der Waals surface area contributed by atoms with E-state index < -0.39 is 23.2 Å². The molecule has 0 aliphatic carbocycles. The lowest BCUT2D eigenvalue weighted by Gasteiger charge is -2.48. The van der Waals surface area contributed by atoms with Gasteiger partial charge in [0, 0.05) is 57.6 Å². The van der Waals surface area contributed by atoms with Crippen molar-refractivity contribution in [3.05, 3.63) is 64.7 Å². The van der Waals surface area contributed by atoms with Gasteiger partial charge >= 0.3 is 6.18 Å². The Kier molecular flexibility index (Phi) is 7.73. The van der Waals surface area contributed by atoms with E-state index in [1.165, 1.54) is 23.1 Å². The lowest BCUT2D eigenvalue weighted by molar-refractivity contribution is -0.262. The fourth-order valence-electron chi connectivity index (χ4n) is 4.91. The zero-order chi connectivity index (χ0) is 27.0. The van der Waals surface area contributed by atoms with E-state index >= 15 is 0 Å². The second kappa shape index (κ2) is 10.5. The highest BCUT2D eigenvalue weighted by Gasteiger charge is 2.62. The van der Waals surface area contributed by atoms with Gasteiger partial charge in [-0.2, -0.15) is 13.2 Å². The third kappa shape index (κ3) is 5.42. The van der Waals surface area contributed by atoms with Gasteiger partial charge in [-0.25, -0.2) is 0 Å². The zero-order valence-electron chi connectivity index (χ0n) is 20.6. The molecule has 2 aliphatic heterocycles. The number of carbonyl (C=O) groups is 2. The summed E-state index contributed by atoms with van der Waals surface area (Å²) in [7, 11) is 3.32. The second-order valence-corrected chi connectivity index (χ2v) is 10.2. The summed E-state index contributed by atoms with van der Waals surface area (Å²) in [4.78, 5) is 29.9. The van der Waals surface area contributed by atoms with Crippen molar-refractivity contribution in [3.63, 3.8) is 0 Å². The first-order valence-corrected chi connectivity index (χ1v) is 12.5. The Balaban J connectivity index is 1.30. The molecule has 2 fully saturated rings. The second-order valence-electron chi connectivity index (χ2n) is 9.79. The Morgan fingerprint density at radius 2 is 1.68 bits per heavy atom. The maximum atomic E-state index is 13.9. The van der Waals surface area contributed by atoms with Crippen LogP contribution in [0.4, 0.5) is 18.9 Å². The molecule has 2 N–H and O–H groups in total. The third-order valence-corrected chi connectivity index (χ3v) is 7.38. The van der Waals surface area contributed by atoms with Crippen molar-refractivity contribution in [2.24, 2.45) is 0 Å². The van der Waals surface area contributed by atoms with Gasteiger partial charge in [0.2, 0.25) is 0 Å². The Morgan fingerprint density at radius 1 is 1.05 bits per heavy atom. The monoisotopic (exact) mass is 538 g/mol. The number of carbonyl (C=O) groups excluding carboxylic acids is 2. The lowest BCUT2D eigenvalue weighted by atomic mass is 9.89. The summed E-state index contributed by atoms with van der Waals surface area (Å²) in [5.41, 5.74) is -2.82. The molecule has 7 nitrogen and oxygen atoms in total. The van der Waals surface area contributed by atoms with Crippen molar-refractivity contribution < 1.29 is 27.9 Å². The highest BCUT2D eigenvalue weighted by Crippen LogP contribution is 2.41. The molecule has 0 bridgehead atoms. The number of benzene rings is 2. The van der Waals surface area contributed by atoms with E-state index in [1.54, 1.807) is 26.2 Å². The molecule has 0 aromatic heterocycles. The summed E-state index contributed by atoms with van der Waals surface area (Å²) in [6.45, 7) is 1.76. The van der Waals surface area contributed by atoms with Gasteiger partial charge in [-0.3, -0.25) is 14.5 Å². The molecule has 0 radical (unpaired) electrons. The number of likely N-dealkylation sites (tertiary alicyclic amines) is 2. The molecule has 2 saturated heterocycles. The summed E-state index contributed by atoms with van der Waals surface area (Å²) in [6.07, 6.45) is -4.10. The smallest absolute Gasteiger partial charge is 0.380 e. The molecular formula is C26H30ClF3N4O3. The molecule has 2 heterocycles. The van der Waals surface area contributed by atoms with E-state index in [4.69, 9.17) is 11.6 Å². The average Bonchev–Trinajstić information content (AvgIpc) is 2.84. The van der Waals surface area contributed by atoms with Crippen molar-refractivity contribution in [1.82, 2.24) is 14.7 Å². The van der Waals surface area contributed by atoms with Crippen molar-refractivity contribution in [2.75, 3.05) is 45.6 Å². The Labute approximate surface area is 218 Å². The SMILES string of the molecule is CN(C)C(=O)c1ccc(NC2CN(C3CCN(C(=O)C(O)(c4ccccc4)C(F)(F)F)CC3)C2)cc1Cl. The van der Waals surface area contributed by atoms with Crippen molar-refractivity contribution in [1.29, 1.82) is 0 Å². The number of alkyl halides is 3. The molecule has 200 valence electrons. The predicted octanol–water partition coefficient (Wildman–Crippen LogP) is 3.58. The van der Waals surface area contributed by atoms with Crippen LogP contribution in [-0.2, 0) is 10.4 Å². The van der Waals surface area contributed by atoms with E-state index in [1.807, 2.05) is 6.07 Å². The maximum absolute atomic E-state index is 13.9. The highest BCUT2D eigenvalue weighted by molar-refractivity contribution is 6.34. The first-order valence-electron chi connectivity index (χ1n) is 12.1. The summed E-state index contributed by atoms with van der Waals surface area (Å²) in [6, 6.07) is 12.0. The quantitative estimate of drug-likeness (QED) is 0.588. The molecule has 0 spiro atoms. The van der Waals surface area contributed by atoms with Gasteiger partial charge in [0.25, 0.3) is 17.4 Å². The molecule has 2 amide bonds. The van der Waals surface area contributed by atoms with Crippen LogP contribution >= 0.6 is 11.6 Å². The van der Waals surface area contributed by atoms with Gasteiger partial charge in [-0.05, 0) is 31.0 Å². The van der Waals surface area contributed by atoms with E-state index in [2.05, 4.69) is 10.2 Å². The molecular weight excluding hydrogens is 509 g/mol. The lowest BCUT2D eigenvalue weighted by Crippen LogP contribution is -2.62. The van der Waals surface area contributed by atoms with Crippen molar-refractivity contribution in [2.45, 2.75) is 36.7 Å². The van der Waals surface area contributed by atoms with E-state index in [0.717, 1.165) is 35.8 Å². The molecule has 37 heavy (non-hydrogen) atoms. The van der Waals surface area contributed by atoms with Crippen LogP contribution in [-0.4, -0.2) is 90.2 Å². The first kappa shape index (κ1) is 27.2. The fourth-order valence-corrected chi connectivity index (χ4v) is 5.17. The molecule has 2 aromatic rings. The van der Waals surface area contributed by atoms with Crippen LogP contribution in [0.2, 0.25) is 5.02 Å². The number of rotatable bonds is 6. The van der Waals surface area contributed by atoms with Crippen LogP contribution in [0.5, 0.6) is 0 Å². The Bertz CT molecular complexity index is 1130. The van der Waals surface area contributed by atoms with Crippen molar-refractivity contribution in [3.8, 4) is 0 Å². The predicted molar refractivity (Wildman–Crippen MR) is 134 cm³/mol. The molecule has 1 unspecified atom stereocenters. The number of hydrogen-bond donors (Lipinski definition) is 2. The van der Waals surface area contributed by atoms with Gasteiger partial charge in [0.05, 0.1) is 16.6 Å². The standard InChI is InChI=1S/C26H30ClF3N4O3/c1-32(2)23(35)21-9-8-18(14-22(21)27)31-19-15-34(16-19)20-10-12-33(13-11-20)24(36)25(37,26(28,29)30)17-6-4-3-5-7-17/h3-9,14,19-20,31,37H,10-13,15-16H2,1-2H3. The van der Waals surface area contributed by atoms with Crippen LogP contribution in [0.3, 0.4) is 0 Å². The summed E-state index contributed by atoms with van der Waals surface area (Å²) in [5, 5.41) is 14.3. The number of halogens is 4. The number of aliphatic hydroxyl groups is 1. The van der Waals surface area contributed by atoms with Gasteiger partial charge in [0.1, 0.15) is 0 Å². The zero-order valence-corrected chi connectivity index (χ0v) is 21.4. The van der Waals surface area contributed by atoms with Crippen LogP contribution in [0.15, 0.2) is 48.5 Å². The number of amides is 2. The number of hydrogen-bond acceptors (Lipinski definition) is 5. The minimum atomic E-state index is -5.14. The minimum absolute atomic E-state index is 0.139. The largest absolute Gasteiger partial charge is 0.430 e. The normalized spacial score (nSPS) is 19.2. The maximum Gasteiger partial charge on any atom is 0.430 e. The Hall–Kier alpha value is -2.82. The van der Waals surface area contributed by atoms with Crippen LogP contribution in [0.1, 0.15) is 28.8 Å². The van der Waals surface area contributed by atoms with Crippen LogP contribution < -0.4 is 5.32 Å². The fraction of sp³-hybridized carbons (Fsp3) is 0.462. The van der Waals surface area contributed by atoms with E-state index in [-0.39, 0.29) is 31.1 Å². The number of piperidine rings is 1. The van der Waals surface area contributed by atoms with Gasteiger partial charge in [-0.1, -0.05) is 41.9 Å². The summed E-state index contributed by atoms with van der Waals surface area (Å²) < 4.78 is 41.6. The average molecular weight is 539 g/mol.